The Kier molecular flexibility index (Phi) is 6.09. The van der Waals surface area contributed by atoms with Crippen LogP contribution in [-0.4, -0.2) is 24.9 Å². The van der Waals surface area contributed by atoms with Gasteiger partial charge in [-0.1, -0.05) is 23.7 Å². The highest BCUT2D eigenvalue weighted by molar-refractivity contribution is 7.14. The summed E-state index contributed by atoms with van der Waals surface area (Å²) >= 11 is 7.40. The molecule has 1 heterocycles. The second-order valence-corrected chi connectivity index (χ2v) is 6.55. The highest BCUT2D eigenvalue weighted by Crippen LogP contribution is 2.28. The zero-order chi connectivity index (χ0) is 18.4. The van der Waals surface area contributed by atoms with Crippen LogP contribution in [0.15, 0.2) is 52.9 Å². The van der Waals surface area contributed by atoms with Crippen molar-refractivity contribution in [2.75, 3.05) is 19.1 Å². The van der Waals surface area contributed by atoms with Gasteiger partial charge in [0.2, 0.25) is 5.13 Å². The number of methoxy groups -OCH3 is 1. The van der Waals surface area contributed by atoms with Crippen molar-refractivity contribution in [3.05, 3.63) is 58.4 Å². The standard InChI is InChI=1S/C19H18ClN3O2S/c1-3-25-18-10-13(4-9-17(18)24-2)11-21-23-19-22-16(12-26-19)14-5-7-15(20)8-6-14/h4-12H,3H2,1-2H3,(H,22,23)/b21-11-. The van der Waals surface area contributed by atoms with Crippen molar-refractivity contribution in [1.82, 2.24) is 4.98 Å². The first-order valence-corrected chi connectivity index (χ1v) is 9.26. The maximum Gasteiger partial charge on any atom is 0.203 e. The van der Waals surface area contributed by atoms with Crippen LogP contribution < -0.4 is 14.9 Å². The fourth-order valence-electron chi connectivity index (χ4n) is 2.28. The summed E-state index contributed by atoms with van der Waals surface area (Å²) in [4.78, 5) is 4.52. The molecule has 3 rings (SSSR count). The maximum atomic E-state index is 5.91. The molecule has 0 radical (unpaired) electrons. The number of benzene rings is 2. The van der Waals surface area contributed by atoms with Crippen LogP contribution in [-0.2, 0) is 0 Å². The monoisotopic (exact) mass is 387 g/mol. The van der Waals surface area contributed by atoms with Crippen molar-refractivity contribution in [2.45, 2.75) is 6.92 Å². The lowest BCUT2D eigenvalue weighted by molar-refractivity contribution is 0.311. The Morgan fingerprint density at radius 3 is 2.73 bits per heavy atom. The molecule has 3 aromatic rings. The van der Waals surface area contributed by atoms with E-state index in [1.807, 2.05) is 54.8 Å². The predicted octanol–water partition coefficient (Wildman–Crippen LogP) is 5.32. The highest BCUT2D eigenvalue weighted by atomic mass is 35.5. The second kappa shape index (κ2) is 8.69. The van der Waals surface area contributed by atoms with Crippen LogP contribution in [0.2, 0.25) is 5.02 Å². The molecule has 7 heteroatoms. The van der Waals surface area contributed by atoms with Gasteiger partial charge in [0, 0.05) is 16.0 Å². The molecule has 0 saturated carbocycles. The lowest BCUT2D eigenvalue weighted by Gasteiger charge is -2.09. The van der Waals surface area contributed by atoms with E-state index in [2.05, 4.69) is 15.5 Å². The summed E-state index contributed by atoms with van der Waals surface area (Å²) in [5, 5.41) is 7.64. The summed E-state index contributed by atoms with van der Waals surface area (Å²) in [5.74, 6) is 1.39. The molecule has 1 aromatic heterocycles. The number of rotatable bonds is 7. The topological polar surface area (TPSA) is 55.7 Å². The molecule has 26 heavy (non-hydrogen) atoms. The number of aromatic nitrogens is 1. The van der Waals surface area contributed by atoms with Gasteiger partial charge in [-0.05, 0) is 42.8 Å². The Balaban J connectivity index is 1.67. The Bertz CT molecular complexity index is 894. The van der Waals surface area contributed by atoms with Gasteiger partial charge in [0.1, 0.15) is 0 Å². The van der Waals surface area contributed by atoms with Crippen molar-refractivity contribution in [1.29, 1.82) is 0 Å². The Hall–Kier alpha value is -2.57. The van der Waals surface area contributed by atoms with Gasteiger partial charge >= 0.3 is 0 Å². The van der Waals surface area contributed by atoms with Gasteiger partial charge in [-0.2, -0.15) is 5.10 Å². The van der Waals surface area contributed by atoms with E-state index in [-0.39, 0.29) is 0 Å². The zero-order valence-electron chi connectivity index (χ0n) is 14.4. The number of thiazole rings is 1. The number of nitrogens with one attached hydrogen (secondary N) is 1. The molecule has 0 aliphatic rings. The van der Waals surface area contributed by atoms with E-state index in [1.54, 1.807) is 13.3 Å². The molecule has 5 nitrogen and oxygen atoms in total. The number of hydrogen-bond donors (Lipinski definition) is 1. The third kappa shape index (κ3) is 4.53. The van der Waals surface area contributed by atoms with Crippen molar-refractivity contribution in [3.8, 4) is 22.8 Å². The fraction of sp³-hybridized carbons (Fsp3) is 0.158. The minimum Gasteiger partial charge on any atom is -0.493 e. The first-order valence-electron chi connectivity index (χ1n) is 8.01. The van der Waals surface area contributed by atoms with Gasteiger partial charge in [0.15, 0.2) is 11.5 Å². The van der Waals surface area contributed by atoms with Crippen molar-refractivity contribution >= 4 is 34.3 Å². The molecule has 0 spiro atoms. The highest BCUT2D eigenvalue weighted by Gasteiger charge is 2.05. The molecular formula is C19H18ClN3O2S. The lowest BCUT2D eigenvalue weighted by Crippen LogP contribution is -1.97. The average molecular weight is 388 g/mol. The SMILES string of the molecule is CCOc1cc(/C=N\Nc2nc(-c3ccc(Cl)cc3)cs2)ccc1OC. The van der Waals surface area contributed by atoms with Crippen molar-refractivity contribution in [2.24, 2.45) is 5.10 Å². The molecular weight excluding hydrogens is 370 g/mol. The van der Waals surface area contributed by atoms with E-state index in [1.165, 1.54) is 11.3 Å². The number of hydrazone groups is 1. The average Bonchev–Trinajstić information content (AvgIpc) is 3.12. The molecule has 2 aromatic carbocycles. The maximum absolute atomic E-state index is 5.91. The van der Waals surface area contributed by atoms with E-state index in [9.17, 15) is 0 Å². The summed E-state index contributed by atoms with van der Waals surface area (Å²) in [6.45, 7) is 2.50. The predicted molar refractivity (Wildman–Crippen MR) is 108 cm³/mol. The normalized spacial score (nSPS) is 10.9. The number of hydrogen-bond acceptors (Lipinski definition) is 6. The largest absolute Gasteiger partial charge is 0.493 e. The van der Waals surface area contributed by atoms with Crippen molar-refractivity contribution < 1.29 is 9.47 Å². The Labute approximate surface area is 161 Å². The summed E-state index contributed by atoms with van der Waals surface area (Å²) in [6.07, 6.45) is 1.71. The fourth-order valence-corrected chi connectivity index (χ4v) is 3.08. The van der Waals surface area contributed by atoms with Crippen LogP contribution in [0.1, 0.15) is 12.5 Å². The first kappa shape index (κ1) is 18.2. The summed E-state index contributed by atoms with van der Waals surface area (Å²) < 4.78 is 10.8. The molecule has 0 unspecified atom stereocenters. The molecule has 0 bridgehead atoms. The smallest absolute Gasteiger partial charge is 0.203 e. The van der Waals surface area contributed by atoms with E-state index >= 15 is 0 Å². The van der Waals surface area contributed by atoms with E-state index in [0.717, 1.165) is 16.8 Å². The molecule has 0 aliphatic carbocycles. The van der Waals surface area contributed by atoms with Gasteiger partial charge < -0.3 is 9.47 Å². The van der Waals surface area contributed by atoms with E-state index in [4.69, 9.17) is 21.1 Å². The number of nitrogens with zero attached hydrogens (tertiary/aromatic N) is 2. The van der Waals surface area contributed by atoms with Gasteiger partial charge in [-0.25, -0.2) is 4.98 Å². The quantitative estimate of drug-likeness (QED) is 0.440. The summed E-state index contributed by atoms with van der Waals surface area (Å²) in [6, 6.07) is 13.2. The lowest BCUT2D eigenvalue weighted by atomic mass is 10.2. The van der Waals surface area contributed by atoms with Gasteiger partial charge in [-0.3, -0.25) is 5.43 Å². The van der Waals surface area contributed by atoms with E-state index in [0.29, 0.717) is 28.3 Å². The second-order valence-electron chi connectivity index (χ2n) is 5.26. The number of anilines is 1. The third-order valence-corrected chi connectivity index (χ3v) is 4.50. The van der Waals surface area contributed by atoms with Gasteiger partial charge in [0.25, 0.3) is 0 Å². The number of halogens is 1. The van der Waals surface area contributed by atoms with Gasteiger partial charge in [-0.15, -0.1) is 11.3 Å². The zero-order valence-corrected chi connectivity index (χ0v) is 16.0. The molecule has 0 aliphatic heterocycles. The molecule has 0 fully saturated rings. The van der Waals surface area contributed by atoms with Gasteiger partial charge in [0.05, 0.1) is 25.6 Å². The molecule has 134 valence electrons. The van der Waals surface area contributed by atoms with Crippen LogP contribution in [0.25, 0.3) is 11.3 Å². The third-order valence-electron chi connectivity index (χ3n) is 3.51. The number of ether oxygens (including phenoxy) is 2. The first-order chi connectivity index (χ1) is 12.7. The molecule has 1 N–H and O–H groups in total. The van der Waals surface area contributed by atoms with Crippen LogP contribution in [0.4, 0.5) is 5.13 Å². The Morgan fingerprint density at radius 2 is 2.00 bits per heavy atom. The molecule has 0 saturated heterocycles. The van der Waals surface area contributed by atoms with Crippen LogP contribution in [0, 0.1) is 0 Å². The minimum atomic E-state index is 0.571. The minimum absolute atomic E-state index is 0.571. The van der Waals surface area contributed by atoms with Crippen molar-refractivity contribution in [3.63, 3.8) is 0 Å². The Morgan fingerprint density at radius 1 is 1.19 bits per heavy atom. The molecule has 0 amide bonds. The summed E-state index contributed by atoms with van der Waals surface area (Å²) in [5.41, 5.74) is 5.75. The van der Waals surface area contributed by atoms with Crippen LogP contribution in [0.5, 0.6) is 11.5 Å². The van der Waals surface area contributed by atoms with Crippen LogP contribution >= 0.6 is 22.9 Å². The van der Waals surface area contributed by atoms with E-state index < -0.39 is 0 Å². The molecule has 0 atom stereocenters. The summed E-state index contributed by atoms with van der Waals surface area (Å²) in [7, 11) is 1.62. The van der Waals surface area contributed by atoms with Crippen LogP contribution in [0.3, 0.4) is 0 Å².